The number of amides is 1. The fourth-order valence-corrected chi connectivity index (χ4v) is 4.16. The summed E-state index contributed by atoms with van der Waals surface area (Å²) in [5.41, 5.74) is 1.59. The number of aromatic nitrogens is 2. The Bertz CT molecular complexity index is 1130. The van der Waals surface area contributed by atoms with Gasteiger partial charge >= 0.3 is 0 Å². The minimum atomic E-state index is -0.149. The fourth-order valence-electron chi connectivity index (χ4n) is 2.57. The van der Waals surface area contributed by atoms with E-state index >= 15 is 0 Å². The average molecular weight is 454 g/mol. The molecule has 0 spiro atoms. The van der Waals surface area contributed by atoms with Gasteiger partial charge in [-0.1, -0.05) is 65.5 Å². The highest BCUT2D eigenvalue weighted by Gasteiger charge is 2.12. The minimum Gasteiger partial charge on any atom is -0.411 e. The number of halogens is 1. The number of nitrogens with one attached hydrogen (secondary N) is 1. The van der Waals surface area contributed by atoms with E-state index in [1.807, 2.05) is 78.9 Å². The summed E-state index contributed by atoms with van der Waals surface area (Å²) in [7, 11) is 0. The van der Waals surface area contributed by atoms with Gasteiger partial charge in [-0.3, -0.25) is 4.79 Å². The fraction of sp³-hybridized carbons (Fsp3) is 0.0455. The van der Waals surface area contributed by atoms with E-state index in [0.29, 0.717) is 16.1 Å². The number of thioether (sulfide) groups is 1. The second-order valence-electron chi connectivity index (χ2n) is 6.13. The second kappa shape index (κ2) is 9.84. The molecule has 1 amide bonds. The van der Waals surface area contributed by atoms with Crippen LogP contribution in [0.15, 0.2) is 98.3 Å². The van der Waals surface area contributed by atoms with E-state index in [9.17, 15) is 4.79 Å². The summed E-state index contributed by atoms with van der Waals surface area (Å²) in [5.74, 6) is 0.447. The Hall–Kier alpha value is -2.74. The molecule has 0 aliphatic rings. The van der Waals surface area contributed by atoms with Gasteiger partial charge in [-0.05, 0) is 48.5 Å². The molecule has 0 atom stereocenters. The van der Waals surface area contributed by atoms with Crippen molar-refractivity contribution in [1.29, 1.82) is 0 Å². The molecule has 0 bridgehead atoms. The van der Waals surface area contributed by atoms with Gasteiger partial charge in [0.05, 0.1) is 11.4 Å². The summed E-state index contributed by atoms with van der Waals surface area (Å²) in [5, 5.41) is 12.0. The van der Waals surface area contributed by atoms with Gasteiger partial charge in [0.1, 0.15) is 0 Å². The van der Waals surface area contributed by atoms with Crippen LogP contribution in [0.25, 0.3) is 11.5 Å². The number of benzene rings is 3. The molecule has 0 aliphatic carbocycles. The predicted molar refractivity (Wildman–Crippen MR) is 121 cm³/mol. The van der Waals surface area contributed by atoms with Crippen molar-refractivity contribution >= 4 is 46.7 Å². The molecule has 0 fully saturated rings. The van der Waals surface area contributed by atoms with Crippen LogP contribution in [0.2, 0.25) is 5.02 Å². The van der Waals surface area contributed by atoms with E-state index in [2.05, 4.69) is 15.5 Å². The molecule has 0 saturated heterocycles. The third-order valence-electron chi connectivity index (χ3n) is 3.96. The number of carbonyl (C=O) groups excluding carboxylic acids is 1. The van der Waals surface area contributed by atoms with Gasteiger partial charge in [-0.2, -0.15) is 0 Å². The van der Waals surface area contributed by atoms with E-state index in [1.165, 1.54) is 11.8 Å². The molecule has 0 saturated carbocycles. The molecule has 1 aromatic heterocycles. The Kier molecular flexibility index (Phi) is 6.74. The molecule has 30 heavy (non-hydrogen) atoms. The van der Waals surface area contributed by atoms with Crippen LogP contribution in [-0.2, 0) is 4.79 Å². The van der Waals surface area contributed by atoms with E-state index in [4.69, 9.17) is 16.0 Å². The molecular weight excluding hydrogens is 438 g/mol. The van der Waals surface area contributed by atoms with Crippen LogP contribution >= 0.6 is 35.1 Å². The quantitative estimate of drug-likeness (QED) is 0.332. The number of hydrogen-bond acceptors (Lipinski definition) is 6. The van der Waals surface area contributed by atoms with Gasteiger partial charge < -0.3 is 9.73 Å². The van der Waals surface area contributed by atoms with Crippen LogP contribution in [0.1, 0.15) is 0 Å². The zero-order chi connectivity index (χ0) is 20.8. The first-order chi connectivity index (χ1) is 14.7. The molecular formula is C22H16ClN3O2S2. The Morgan fingerprint density at radius 3 is 2.47 bits per heavy atom. The Labute approximate surface area is 187 Å². The molecule has 8 heteroatoms. The molecule has 0 aliphatic heterocycles. The maximum atomic E-state index is 12.5. The van der Waals surface area contributed by atoms with Crippen molar-refractivity contribution < 1.29 is 9.21 Å². The number of rotatable bonds is 7. The normalized spacial score (nSPS) is 10.7. The van der Waals surface area contributed by atoms with Gasteiger partial charge in [0.2, 0.25) is 11.8 Å². The highest BCUT2D eigenvalue weighted by molar-refractivity contribution is 8.00. The third-order valence-corrected chi connectivity index (χ3v) is 6.11. The second-order valence-corrected chi connectivity index (χ2v) is 8.61. The van der Waals surface area contributed by atoms with Gasteiger partial charge in [-0.15, -0.1) is 10.2 Å². The molecule has 150 valence electrons. The maximum Gasteiger partial charge on any atom is 0.277 e. The lowest BCUT2D eigenvalue weighted by atomic mass is 10.2. The zero-order valence-electron chi connectivity index (χ0n) is 15.6. The summed E-state index contributed by atoms with van der Waals surface area (Å²) < 4.78 is 5.63. The SMILES string of the molecule is O=C(CSc1nnc(-c2ccccc2)o1)Nc1ccccc1Sc1ccc(Cl)cc1. The Balaban J connectivity index is 1.37. The van der Waals surface area contributed by atoms with Crippen molar-refractivity contribution in [3.63, 3.8) is 0 Å². The van der Waals surface area contributed by atoms with Gasteiger partial charge in [-0.25, -0.2) is 0 Å². The summed E-state index contributed by atoms with van der Waals surface area (Å²) in [6.07, 6.45) is 0. The van der Waals surface area contributed by atoms with Crippen molar-refractivity contribution in [3.05, 3.63) is 83.9 Å². The highest BCUT2D eigenvalue weighted by Crippen LogP contribution is 2.34. The number of nitrogens with zero attached hydrogens (tertiary/aromatic N) is 2. The van der Waals surface area contributed by atoms with E-state index < -0.39 is 0 Å². The molecule has 1 N–H and O–H groups in total. The largest absolute Gasteiger partial charge is 0.411 e. The third kappa shape index (κ3) is 5.44. The Morgan fingerprint density at radius 1 is 0.933 bits per heavy atom. The van der Waals surface area contributed by atoms with Crippen molar-refractivity contribution in [2.45, 2.75) is 15.0 Å². The predicted octanol–water partition coefficient (Wildman–Crippen LogP) is 6.27. The lowest BCUT2D eigenvalue weighted by Crippen LogP contribution is -2.14. The smallest absolute Gasteiger partial charge is 0.277 e. The van der Waals surface area contributed by atoms with E-state index in [0.717, 1.165) is 21.0 Å². The van der Waals surface area contributed by atoms with E-state index in [1.54, 1.807) is 11.8 Å². The van der Waals surface area contributed by atoms with Crippen molar-refractivity contribution in [3.8, 4) is 11.5 Å². The first-order valence-corrected chi connectivity index (χ1v) is 11.2. The molecule has 4 aromatic rings. The highest BCUT2D eigenvalue weighted by atomic mass is 35.5. The number of anilines is 1. The summed E-state index contributed by atoms with van der Waals surface area (Å²) in [6, 6.07) is 24.8. The van der Waals surface area contributed by atoms with Gasteiger partial charge in [0, 0.05) is 20.4 Å². The topological polar surface area (TPSA) is 68.0 Å². The molecule has 3 aromatic carbocycles. The Morgan fingerprint density at radius 2 is 1.67 bits per heavy atom. The summed E-state index contributed by atoms with van der Waals surface area (Å²) in [6.45, 7) is 0. The zero-order valence-corrected chi connectivity index (χ0v) is 18.0. The molecule has 1 heterocycles. The molecule has 0 unspecified atom stereocenters. The summed E-state index contributed by atoms with van der Waals surface area (Å²) in [4.78, 5) is 14.4. The number of hydrogen-bond donors (Lipinski definition) is 1. The molecule has 5 nitrogen and oxygen atoms in total. The van der Waals surface area contributed by atoms with Crippen LogP contribution in [-0.4, -0.2) is 21.9 Å². The van der Waals surface area contributed by atoms with Gasteiger partial charge in [0.25, 0.3) is 5.22 Å². The van der Waals surface area contributed by atoms with Crippen molar-refractivity contribution in [2.24, 2.45) is 0 Å². The molecule has 0 radical (unpaired) electrons. The summed E-state index contributed by atoms with van der Waals surface area (Å²) >= 11 is 8.71. The molecule has 4 rings (SSSR count). The van der Waals surface area contributed by atoms with Crippen LogP contribution in [0.4, 0.5) is 5.69 Å². The van der Waals surface area contributed by atoms with Crippen molar-refractivity contribution in [1.82, 2.24) is 10.2 Å². The van der Waals surface area contributed by atoms with E-state index in [-0.39, 0.29) is 11.7 Å². The standard InChI is InChI=1S/C22H16ClN3O2S2/c23-16-10-12-17(13-11-16)30-19-9-5-4-8-18(19)24-20(27)14-29-22-26-25-21(28-22)15-6-2-1-3-7-15/h1-13H,14H2,(H,24,27). The van der Waals surface area contributed by atoms with Crippen molar-refractivity contribution in [2.75, 3.05) is 11.1 Å². The first kappa shape index (κ1) is 20.5. The van der Waals surface area contributed by atoms with Crippen LogP contribution in [0.3, 0.4) is 0 Å². The number of para-hydroxylation sites is 1. The maximum absolute atomic E-state index is 12.5. The number of carbonyl (C=O) groups is 1. The minimum absolute atomic E-state index is 0.149. The van der Waals surface area contributed by atoms with Crippen LogP contribution < -0.4 is 5.32 Å². The average Bonchev–Trinajstić information content (AvgIpc) is 3.25. The lowest BCUT2D eigenvalue weighted by molar-refractivity contribution is -0.113. The van der Waals surface area contributed by atoms with Crippen LogP contribution in [0, 0.1) is 0 Å². The first-order valence-electron chi connectivity index (χ1n) is 9.01. The monoisotopic (exact) mass is 453 g/mol. The van der Waals surface area contributed by atoms with Gasteiger partial charge in [0.15, 0.2) is 0 Å². The van der Waals surface area contributed by atoms with Crippen LogP contribution in [0.5, 0.6) is 0 Å². The lowest BCUT2D eigenvalue weighted by Gasteiger charge is -2.10.